The number of halogens is 2. The molecule has 0 spiro atoms. The van der Waals surface area contributed by atoms with Crippen LogP contribution in [0.4, 0.5) is 4.39 Å². The van der Waals surface area contributed by atoms with Crippen molar-refractivity contribution >= 4 is 15.9 Å². The standard InChI is InChI=1S/C14H17BrFN3/c1-10(2)17-6-11-3-4-14(16)12(5-11)8-19-9-13(15)7-18-19/h3-5,7,9-10,17H,6,8H2,1-2H3. The van der Waals surface area contributed by atoms with E-state index in [9.17, 15) is 4.39 Å². The number of hydrogen-bond acceptors (Lipinski definition) is 2. The molecule has 0 amide bonds. The zero-order valence-electron chi connectivity index (χ0n) is 11.0. The van der Waals surface area contributed by atoms with Crippen molar-refractivity contribution in [2.75, 3.05) is 0 Å². The molecular formula is C14H17BrFN3. The second-order valence-electron chi connectivity index (χ2n) is 4.82. The molecule has 2 aromatic rings. The lowest BCUT2D eigenvalue weighted by molar-refractivity contribution is 0.573. The third-order valence-corrected chi connectivity index (χ3v) is 3.17. The summed E-state index contributed by atoms with van der Waals surface area (Å²) in [5, 5.41) is 7.47. The zero-order chi connectivity index (χ0) is 13.8. The van der Waals surface area contributed by atoms with Gasteiger partial charge in [0.1, 0.15) is 5.82 Å². The molecule has 1 aromatic carbocycles. The highest BCUT2D eigenvalue weighted by molar-refractivity contribution is 9.10. The summed E-state index contributed by atoms with van der Waals surface area (Å²) >= 11 is 3.33. The lowest BCUT2D eigenvalue weighted by Crippen LogP contribution is -2.22. The molecule has 0 saturated heterocycles. The second kappa shape index (κ2) is 6.30. The van der Waals surface area contributed by atoms with Crippen molar-refractivity contribution < 1.29 is 4.39 Å². The first-order chi connectivity index (χ1) is 9.04. The number of nitrogens with one attached hydrogen (secondary N) is 1. The van der Waals surface area contributed by atoms with Crippen LogP contribution in [-0.4, -0.2) is 15.8 Å². The normalized spacial score (nSPS) is 11.2. The number of rotatable bonds is 5. The highest BCUT2D eigenvalue weighted by Gasteiger charge is 2.06. The Bertz CT molecular complexity index is 551. The van der Waals surface area contributed by atoms with Gasteiger partial charge in [0.25, 0.3) is 0 Å². The van der Waals surface area contributed by atoms with Crippen molar-refractivity contribution in [3.8, 4) is 0 Å². The molecule has 3 nitrogen and oxygen atoms in total. The van der Waals surface area contributed by atoms with Crippen molar-refractivity contribution in [3.63, 3.8) is 0 Å². The van der Waals surface area contributed by atoms with E-state index in [2.05, 4.69) is 40.2 Å². The minimum Gasteiger partial charge on any atom is -0.310 e. The van der Waals surface area contributed by atoms with Crippen molar-refractivity contribution in [1.82, 2.24) is 15.1 Å². The van der Waals surface area contributed by atoms with Gasteiger partial charge in [0.05, 0.1) is 17.2 Å². The minimum absolute atomic E-state index is 0.195. The van der Waals surface area contributed by atoms with Crippen LogP contribution in [0.1, 0.15) is 25.0 Å². The van der Waals surface area contributed by atoms with E-state index in [4.69, 9.17) is 0 Å². The molecular weight excluding hydrogens is 309 g/mol. The number of aromatic nitrogens is 2. The summed E-state index contributed by atoms with van der Waals surface area (Å²) in [6.45, 7) is 5.36. The van der Waals surface area contributed by atoms with Crippen LogP contribution in [0, 0.1) is 5.82 Å². The Morgan fingerprint density at radius 2 is 2.21 bits per heavy atom. The fourth-order valence-corrected chi connectivity index (χ4v) is 2.11. The van der Waals surface area contributed by atoms with Crippen LogP contribution in [0.2, 0.25) is 0 Å². The second-order valence-corrected chi connectivity index (χ2v) is 5.73. The summed E-state index contributed by atoms with van der Waals surface area (Å²) < 4.78 is 16.4. The van der Waals surface area contributed by atoms with E-state index in [0.29, 0.717) is 18.2 Å². The summed E-state index contributed by atoms with van der Waals surface area (Å²) in [4.78, 5) is 0. The Balaban J connectivity index is 2.12. The molecule has 2 rings (SSSR count). The maximum absolute atomic E-state index is 13.8. The number of benzene rings is 1. The van der Waals surface area contributed by atoms with Gasteiger partial charge < -0.3 is 5.32 Å². The van der Waals surface area contributed by atoms with Gasteiger partial charge in [-0.3, -0.25) is 4.68 Å². The SMILES string of the molecule is CC(C)NCc1ccc(F)c(Cn2cc(Br)cn2)c1. The average molecular weight is 326 g/mol. The Kier molecular flexibility index (Phi) is 4.71. The maximum Gasteiger partial charge on any atom is 0.128 e. The fourth-order valence-electron chi connectivity index (χ4n) is 1.78. The third kappa shape index (κ3) is 4.14. The van der Waals surface area contributed by atoms with Crippen LogP contribution in [0.5, 0.6) is 0 Å². The zero-order valence-corrected chi connectivity index (χ0v) is 12.6. The van der Waals surface area contributed by atoms with Crippen LogP contribution in [-0.2, 0) is 13.1 Å². The summed E-state index contributed by atoms with van der Waals surface area (Å²) in [6, 6.07) is 5.63. The van der Waals surface area contributed by atoms with Crippen LogP contribution in [0.25, 0.3) is 0 Å². The van der Waals surface area contributed by atoms with Crippen molar-refractivity contribution in [1.29, 1.82) is 0 Å². The fraction of sp³-hybridized carbons (Fsp3) is 0.357. The van der Waals surface area contributed by atoms with Crippen molar-refractivity contribution in [3.05, 3.63) is 52.0 Å². The first-order valence-electron chi connectivity index (χ1n) is 6.23. The molecule has 1 N–H and O–H groups in total. The molecule has 102 valence electrons. The van der Waals surface area contributed by atoms with Crippen LogP contribution in [0.15, 0.2) is 35.1 Å². The van der Waals surface area contributed by atoms with Gasteiger partial charge in [-0.2, -0.15) is 5.10 Å². The summed E-state index contributed by atoms with van der Waals surface area (Å²) in [5.41, 5.74) is 1.73. The van der Waals surface area contributed by atoms with Gasteiger partial charge >= 0.3 is 0 Å². The monoisotopic (exact) mass is 325 g/mol. The Morgan fingerprint density at radius 3 is 2.84 bits per heavy atom. The number of hydrogen-bond donors (Lipinski definition) is 1. The molecule has 0 bridgehead atoms. The van der Waals surface area contributed by atoms with E-state index in [1.807, 2.05) is 18.3 Å². The van der Waals surface area contributed by atoms with Crippen LogP contribution in [0.3, 0.4) is 0 Å². The summed E-state index contributed by atoms with van der Waals surface area (Å²) in [5.74, 6) is -0.195. The molecule has 1 heterocycles. The summed E-state index contributed by atoms with van der Waals surface area (Å²) in [6.07, 6.45) is 3.53. The van der Waals surface area contributed by atoms with E-state index < -0.39 is 0 Å². The van der Waals surface area contributed by atoms with Gasteiger partial charge in [-0.1, -0.05) is 19.9 Å². The predicted octanol–water partition coefficient (Wildman–Crippen LogP) is 3.33. The van der Waals surface area contributed by atoms with Crippen LogP contribution < -0.4 is 5.32 Å². The molecule has 1 aromatic heterocycles. The minimum atomic E-state index is -0.195. The highest BCUT2D eigenvalue weighted by atomic mass is 79.9. The van der Waals surface area contributed by atoms with Gasteiger partial charge in [-0.25, -0.2) is 4.39 Å². The predicted molar refractivity (Wildman–Crippen MR) is 77.4 cm³/mol. The Labute approximate surface area is 121 Å². The largest absolute Gasteiger partial charge is 0.310 e. The van der Waals surface area contributed by atoms with Crippen molar-refractivity contribution in [2.45, 2.75) is 33.0 Å². The highest BCUT2D eigenvalue weighted by Crippen LogP contribution is 2.14. The average Bonchev–Trinajstić information content (AvgIpc) is 2.76. The lowest BCUT2D eigenvalue weighted by Gasteiger charge is -2.10. The van der Waals surface area contributed by atoms with E-state index >= 15 is 0 Å². The van der Waals surface area contributed by atoms with Crippen LogP contribution >= 0.6 is 15.9 Å². The van der Waals surface area contributed by atoms with Gasteiger partial charge in [-0.05, 0) is 33.6 Å². The van der Waals surface area contributed by atoms with E-state index in [0.717, 1.165) is 16.6 Å². The van der Waals surface area contributed by atoms with Crippen molar-refractivity contribution in [2.24, 2.45) is 0 Å². The first-order valence-corrected chi connectivity index (χ1v) is 7.02. The summed E-state index contributed by atoms with van der Waals surface area (Å²) in [7, 11) is 0. The quantitative estimate of drug-likeness (QED) is 0.913. The Morgan fingerprint density at radius 1 is 1.42 bits per heavy atom. The molecule has 5 heteroatoms. The molecule has 0 aliphatic rings. The van der Waals surface area contributed by atoms with Gasteiger partial charge in [0.15, 0.2) is 0 Å². The topological polar surface area (TPSA) is 29.9 Å². The lowest BCUT2D eigenvalue weighted by atomic mass is 10.1. The third-order valence-electron chi connectivity index (χ3n) is 2.76. The number of nitrogens with zero attached hydrogens (tertiary/aromatic N) is 2. The van der Waals surface area contributed by atoms with E-state index in [-0.39, 0.29) is 5.82 Å². The molecule has 0 aliphatic carbocycles. The van der Waals surface area contributed by atoms with Gasteiger partial charge in [0, 0.05) is 24.3 Å². The Hall–Kier alpha value is -1.20. The molecule has 0 fully saturated rings. The molecule has 19 heavy (non-hydrogen) atoms. The molecule has 0 radical (unpaired) electrons. The van der Waals surface area contributed by atoms with Gasteiger partial charge in [0.2, 0.25) is 0 Å². The first kappa shape index (κ1) is 14.2. The smallest absolute Gasteiger partial charge is 0.128 e. The maximum atomic E-state index is 13.8. The van der Waals surface area contributed by atoms with E-state index in [1.54, 1.807) is 10.9 Å². The molecule has 0 atom stereocenters. The van der Waals surface area contributed by atoms with E-state index in [1.165, 1.54) is 6.07 Å². The molecule has 0 aliphatic heterocycles. The molecule has 0 saturated carbocycles. The molecule has 0 unspecified atom stereocenters. The van der Waals surface area contributed by atoms with Gasteiger partial charge in [-0.15, -0.1) is 0 Å².